The van der Waals surface area contributed by atoms with Crippen LogP contribution in [0.2, 0.25) is 0 Å². The monoisotopic (exact) mass is 271 g/mol. The number of cyclic esters (lactones) is 1. The fourth-order valence-electron chi connectivity index (χ4n) is 2.90. The first kappa shape index (κ1) is 13.8. The van der Waals surface area contributed by atoms with Gasteiger partial charge in [0.1, 0.15) is 0 Å². The van der Waals surface area contributed by atoms with Gasteiger partial charge in [-0.3, -0.25) is 0 Å². The molecule has 1 N–H and O–H groups in total. The van der Waals surface area contributed by atoms with E-state index in [1.165, 1.54) is 0 Å². The minimum atomic E-state index is -1.37. The maximum absolute atomic E-state index is 12.0. The zero-order valence-electron chi connectivity index (χ0n) is 10.7. The van der Waals surface area contributed by atoms with E-state index < -0.39 is 29.5 Å². The Hall–Kier alpha value is -1.63. The van der Waals surface area contributed by atoms with Gasteiger partial charge in [-0.15, -0.1) is 0 Å². The van der Waals surface area contributed by atoms with Crippen LogP contribution in [0.5, 0.6) is 0 Å². The molecule has 19 heavy (non-hydrogen) atoms. The van der Waals surface area contributed by atoms with Crippen LogP contribution in [-0.2, 0) is 19.1 Å². The van der Waals surface area contributed by atoms with Gasteiger partial charge in [-0.25, -0.2) is 9.59 Å². The standard InChI is InChI=1S/C12H17NO6/c1-2-18-11(16)10(15)8-4-3-5-12(8)7-19-9(14)6-13(12)17/h6,8,10,15H,2-5,7H2,1H3/t8-,10+,12+/m1/s1. The lowest BCUT2D eigenvalue weighted by Gasteiger charge is -2.36. The quantitative estimate of drug-likeness (QED) is 0.425. The van der Waals surface area contributed by atoms with E-state index >= 15 is 0 Å². The Morgan fingerprint density at radius 2 is 2.53 bits per heavy atom. The Labute approximate surface area is 110 Å². The van der Waals surface area contributed by atoms with Crippen molar-refractivity contribution in [3.05, 3.63) is 5.21 Å². The molecule has 0 aromatic heterocycles. The van der Waals surface area contributed by atoms with E-state index in [0.717, 1.165) is 6.21 Å². The number of nitrogens with zero attached hydrogens (tertiary/aromatic N) is 1. The van der Waals surface area contributed by atoms with Gasteiger partial charge in [0.25, 0.3) is 6.21 Å². The summed E-state index contributed by atoms with van der Waals surface area (Å²) < 4.78 is 10.2. The molecule has 7 nitrogen and oxygen atoms in total. The maximum atomic E-state index is 12.0. The average molecular weight is 271 g/mol. The Balaban J connectivity index is 2.23. The van der Waals surface area contributed by atoms with E-state index in [2.05, 4.69) is 0 Å². The Bertz CT molecular complexity index is 420. The molecule has 0 unspecified atom stereocenters. The van der Waals surface area contributed by atoms with Crippen molar-refractivity contribution < 1.29 is 28.9 Å². The van der Waals surface area contributed by atoms with Gasteiger partial charge in [-0.2, -0.15) is 4.74 Å². The molecule has 106 valence electrons. The second kappa shape index (κ2) is 5.16. The van der Waals surface area contributed by atoms with Crippen LogP contribution < -0.4 is 0 Å². The lowest BCUT2D eigenvalue weighted by atomic mass is 9.83. The van der Waals surface area contributed by atoms with Crippen molar-refractivity contribution in [2.75, 3.05) is 13.2 Å². The third kappa shape index (κ3) is 2.30. The normalized spacial score (nSPS) is 31.8. The predicted molar refractivity (Wildman–Crippen MR) is 63.4 cm³/mol. The van der Waals surface area contributed by atoms with Crippen molar-refractivity contribution in [1.29, 1.82) is 0 Å². The van der Waals surface area contributed by atoms with E-state index in [0.29, 0.717) is 24.0 Å². The molecule has 0 saturated heterocycles. The fourth-order valence-corrected chi connectivity index (χ4v) is 2.90. The maximum Gasteiger partial charge on any atom is 0.396 e. The first-order valence-corrected chi connectivity index (χ1v) is 6.34. The van der Waals surface area contributed by atoms with Gasteiger partial charge in [0.2, 0.25) is 5.54 Å². The molecule has 1 saturated carbocycles. The summed E-state index contributed by atoms with van der Waals surface area (Å²) in [6.45, 7) is 1.70. The van der Waals surface area contributed by atoms with Crippen molar-refractivity contribution in [2.45, 2.75) is 37.8 Å². The molecule has 0 aromatic rings. The number of ether oxygens (including phenoxy) is 2. The van der Waals surface area contributed by atoms with E-state index in [1.807, 2.05) is 0 Å². The zero-order chi connectivity index (χ0) is 14.0. The van der Waals surface area contributed by atoms with E-state index in [1.54, 1.807) is 6.92 Å². The largest absolute Gasteiger partial charge is 0.623 e. The molecular formula is C12H17NO6. The number of hydroxylamine groups is 1. The number of carbonyl (C=O) groups is 2. The van der Waals surface area contributed by atoms with Crippen molar-refractivity contribution in [2.24, 2.45) is 5.92 Å². The SMILES string of the molecule is CCOC(=O)[C@@H](O)[C@H]1CCC[C@]12COC(=O)C=[N+]2[O-]. The van der Waals surface area contributed by atoms with Crippen molar-refractivity contribution in [3.63, 3.8) is 0 Å². The topological polar surface area (TPSA) is 98.9 Å². The highest BCUT2D eigenvalue weighted by atomic mass is 16.6. The van der Waals surface area contributed by atoms with Gasteiger partial charge in [0, 0.05) is 6.42 Å². The highest BCUT2D eigenvalue weighted by Gasteiger charge is 2.57. The van der Waals surface area contributed by atoms with Crippen LogP contribution in [-0.4, -0.2) is 52.9 Å². The summed E-state index contributed by atoms with van der Waals surface area (Å²) in [6, 6.07) is 0. The third-order valence-corrected chi connectivity index (χ3v) is 3.85. The Kier molecular flexibility index (Phi) is 3.75. The van der Waals surface area contributed by atoms with Gasteiger partial charge in [-0.05, 0) is 19.8 Å². The zero-order valence-corrected chi connectivity index (χ0v) is 10.7. The average Bonchev–Trinajstić information content (AvgIpc) is 2.79. The molecule has 7 heteroatoms. The molecule has 1 heterocycles. The lowest BCUT2D eigenvalue weighted by Crippen LogP contribution is -2.56. The van der Waals surface area contributed by atoms with Crippen LogP contribution >= 0.6 is 0 Å². The molecule has 0 aromatic carbocycles. The van der Waals surface area contributed by atoms with Crippen molar-refractivity contribution in [3.8, 4) is 0 Å². The van der Waals surface area contributed by atoms with Crippen LogP contribution in [0.25, 0.3) is 0 Å². The van der Waals surface area contributed by atoms with Crippen LogP contribution in [0.4, 0.5) is 0 Å². The third-order valence-electron chi connectivity index (χ3n) is 3.85. The molecule has 2 aliphatic rings. The summed E-state index contributed by atoms with van der Waals surface area (Å²) in [5, 5.41) is 22.1. The second-order valence-electron chi connectivity index (χ2n) is 4.86. The van der Waals surface area contributed by atoms with Gasteiger partial charge in [0.15, 0.2) is 12.7 Å². The van der Waals surface area contributed by atoms with E-state index in [-0.39, 0.29) is 13.2 Å². The first-order chi connectivity index (χ1) is 9.01. The van der Waals surface area contributed by atoms with Crippen LogP contribution in [0.3, 0.4) is 0 Å². The van der Waals surface area contributed by atoms with Gasteiger partial charge in [0.05, 0.1) is 12.5 Å². The second-order valence-corrected chi connectivity index (χ2v) is 4.86. The summed E-state index contributed by atoms with van der Waals surface area (Å²) in [4.78, 5) is 22.7. The molecular weight excluding hydrogens is 254 g/mol. The van der Waals surface area contributed by atoms with Gasteiger partial charge < -0.3 is 19.8 Å². The number of aliphatic hydroxyl groups is 1. The summed E-state index contributed by atoms with van der Waals surface area (Å²) in [7, 11) is 0. The highest BCUT2D eigenvalue weighted by Crippen LogP contribution is 2.41. The molecule has 0 bridgehead atoms. The predicted octanol–water partition coefficient (Wildman–Crippen LogP) is -0.413. The van der Waals surface area contributed by atoms with Crippen LogP contribution in [0.15, 0.2) is 0 Å². The summed E-state index contributed by atoms with van der Waals surface area (Å²) in [6.07, 6.45) is 1.14. The molecule has 1 aliphatic heterocycles. The molecule has 0 radical (unpaired) electrons. The number of rotatable bonds is 3. The number of carbonyl (C=O) groups excluding carboxylic acids is 2. The number of hydrogen-bond acceptors (Lipinski definition) is 6. The van der Waals surface area contributed by atoms with E-state index in [9.17, 15) is 19.9 Å². The Morgan fingerprint density at radius 3 is 3.16 bits per heavy atom. The van der Waals surface area contributed by atoms with Crippen LogP contribution in [0.1, 0.15) is 26.2 Å². The van der Waals surface area contributed by atoms with Gasteiger partial charge >= 0.3 is 11.9 Å². The summed E-state index contributed by atoms with van der Waals surface area (Å²) in [5.74, 6) is -2.02. The van der Waals surface area contributed by atoms with Crippen LogP contribution in [0, 0.1) is 11.1 Å². The highest BCUT2D eigenvalue weighted by molar-refractivity contribution is 6.21. The molecule has 2 rings (SSSR count). The van der Waals surface area contributed by atoms with Gasteiger partial charge in [-0.1, -0.05) is 0 Å². The molecule has 0 amide bonds. The van der Waals surface area contributed by atoms with Crippen molar-refractivity contribution in [1.82, 2.24) is 0 Å². The molecule has 1 fully saturated rings. The number of aliphatic hydroxyl groups excluding tert-OH is 1. The Morgan fingerprint density at radius 1 is 1.79 bits per heavy atom. The smallest absolute Gasteiger partial charge is 0.396 e. The summed E-state index contributed by atoms with van der Waals surface area (Å²) in [5.41, 5.74) is -1.04. The molecule has 1 spiro atoms. The minimum Gasteiger partial charge on any atom is -0.623 e. The fraction of sp³-hybridized carbons (Fsp3) is 0.750. The van der Waals surface area contributed by atoms with E-state index in [4.69, 9.17) is 9.47 Å². The van der Waals surface area contributed by atoms with Crippen molar-refractivity contribution >= 4 is 18.2 Å². The molecule has 1 aliphatic carbocycles. The molecule has 3 atom stereocenters. The lowest BCUT2D eigenvalue weighted by molar-refractivity contribution is -0.564. The first-order valence-electron chi connectivity index (χ1n) is 6.34. The number of hydrogen-bond donors (Lipinski definition) is 1. The minimum absolute atomic E-state index is 0.104. The summed E-state index contributed by atoms with van der Waals surface area (Å²) >= 11 is 0. The number of esters is 2.